The van der Waals surface area contributed by atoms with Gasteiger partial charge in [0.05, 0.1) is 12.7 Å². The first-order valence-corrected chi connectivity index (χ1v) is 9.01. The lowest BCUT2D eigenvalue weighted by atomic mass is 10.2. The Kier molecular flexibility index (Phi) is 5.59. The second-order valence-corrected chi connectivity index (χ2v) is 6.67. The zero-order valence-electron chi connectivity index (χ0n) is 13.5. The van der Waals surface area contributed by atoms with Crippen molar-refractivity contribution in [1.82, 2.24) is 10.3 Å². The van der Waals surface area contributed by atoms with Crippen LogP contribution in [-0.2, 0) is 6.54 Å². The van der Waals surface area contributed by atoms with Crippen molar-refractivity contribution >= 4 is 17.7 Å². The number of pyridine rings is 1. The van der Waals surface area contributed by atoms with Gasteiger partial charge in [0.25, 0.3) is 5.91 Å². The Labute approximate surface area is 145 Å². The van der Waals surface area contributed by atoms with E-state index >= 15 is 0 Å². The number of carbonyl (C=O) groups is 1. The van der Waals surface area contributed by atoms with Gasteiger partial charge in [-0.2, -0.15) is 11.8 Å². The van der Waals surface area contributed by atoms with E-state index in [2.05, 4.69) is 10.3 Å². The van der Waals surface area contributed by atoms with Crippen LogP contribution in [0.2, 0.25) is 0 Å². The topological polar surface area (TPSA) is 60.5 Å². The molecular formula is C18H20N2O3S. The van der Waals surface area contributed by atoms with E-state index in [0.717, 1.165) is 29.2 Å². The molecule has 1 saturated heterocycles. The molecule has 1 N–H and O–H groups in total. The summed E-state index contributed by atoms with van der Waals surface area (Å²) < 4.78 is 11.0. The van der Waals surface area contributed by atoms with Crippen molar-refractivity contribution < 1.29 is 14.3 Å². The first-order valence-electron chi connectivity index (χ1n) is 7.86. The fraction of sp³-hybridized carbons (Fsp3) is 0.333. The number of rotatable bonds is 6. The molecule has 0 unspecified atom stereocenters. The molecule has 0 spiro atoms. The van der Waals surface area contributed by atoms with Crippen molar-refractivity contribution in [3.05, 3.63) is 53.7 Å². The number of thioether (sulfide) groups is 1. The molecule has 6 heteroatoms. The zero-order chi connectivity index (χ0) is 16.8. The fourth-order valence-corrected chi connectivity index (χ4v) is 3.52. The van der Waals surface area contributed by atoms with Gasteiger partial charge in [-0.15, -0.1) is 0 Å². The Hall–Kier alpha value is -2.21. The molecule has 0 aliphatic carbocycles. The average Bonchev–Trinajstić information content (AvgIpc) is 3.13. The van der Waals surface area contributed by atoms with Crippen LogP contribution in [0.1, 0.15) is 22.3 Å². The number of nitrogens with zero attached hydrogens (tertiary/aromatic N) is 1. The third-order valence-electron chi connectivity index (χ3n) is 3.76. The highest BCUT2D eigenvalue weighted by Crippen LogP contribution is 2.22. The Morgan fingerprint density at radius 1 is 1.38 bits per heavy atom. The van der Waals surface area contributed by atoms with Crippen LogP contribution in [0.5, 0.6) is 11.6 Å². The van der Waals surface area contributed by atoms with E-state index in [0.29, 0.717) is 18.0 Å². The first kappa shape index (κ1) is 16.6. The molecule has 2 aromatic rings. The molecule has 1 fully saturated rings. The lowest BCUT2D eigenvalue weighted by molar-refractivity contribution is 0.0950. The van der Waals surface area contributed by atoms with Crippen LogP contribution < -0.4 is 14.8 Å². The van der Waals surface area contributed by atoms with Crippen LogP contribution in [0.25, 0.3) is 0 Å². The Morgan fingerprint density at radius 2 is 2.29 bits per heavy atom. The van der Waals surface area contributed by atoms with E-state index in [1.807, 2.05) is 36.0 Å². The highest BCUT2D eigenvalue weighted by Gasteiger charge is 2.17. The van der Waals surface area contributed by atoms with Crippen LogP contribution in [-0.4, -0.2) is 35.6 Å². The molecule has 5 nitrogen and oxygen atoms in total. The molecule has 1 atom stereocenters. The molecule has 1 aliphatic rings. The second-order valence-electron chi connectivity index (χ2n) is 5.52. The van der Waals surface area contributed by atoms with Crippen molar-refractivity contribution in [3.63, 3.8) is 0 Å². The normalized spacial score (nSPS) is 16.6. The summed E-state index contributed by atoms with van der Waals surface area (Å²) in [5.41, 5.74) is 1.50. The average molecular weight is 344 g/mol. The molecule has 1 aromatic heterocycles. The zero-order valence-corrected chi connectivity index (χ0v) is 14.3. The van der Waals surface area contributed by atoms with Gasteiger partial charge in [0.2, 0.25) is 5.88 Å². The highest BCUT2D eigenvalue weighted by atomic mass is 32.2. The summed E-state index contributed by atoms with van der Waals surface area (Å²) in [4.78, 5) is 16.4. The minimum absolute atomic E-state index is 0.159. The van der Waals surface area contributed by atoms with Crippen LogP contribution in [0, 0.1) is 0 Å². The number of nitrogens with one attached hydrogen (secondary N) is 1. The molecule has 0 bridgehead atoms. The van der Waals surface area contributed by atoms with Gasteiger partial charge in [0.1, 0.15) is 11.9 Å². The van der Waals surface area contributed by atoms with Crippen molar-refractivity contribution in [3.8, 4) is 11.6 Å². The van der Waals surface area contributed by atoms with E-state index in [-0.39, 0.29) is 12.0 Å². The minimum atomic E-state index is -0.159. The van der Waals surface area contributed by atoms with Gasteiger partial charge in [0, 0.05) is 24.6 Å². The molecule has 1 aliphatic heterocycles. The van der Waals surface area contributed by atoms with Crippen molar-refractivity contribution in [2.45, 2.75) is 19.1 Å². The van der Waals surface area contributed by atoms with Crippen LogP contribution >= 0.6 is 11.8 Å². The first-order chi connectivity index (χ1) is 11.7. The van der Waals surface area contributed by atoms with Gasteiger partial charge >= 0.3 is 0 Å². The van der Waals surface area contributed by atoms with Gasteiger partial charge in [0.15, 0.2) is 0 Å². The van der Waals surface area contributed by atoms with Gasteiger partial charge in [-0.25, -0.2) is 4.98 Å². The lowest BCUT2D eigenvalue weighted by Crippen LogP contribution is -2.23. The summed E-state index contributed by atoms with van der Waals surface area (Å²) in [6, 6.07) is 11.1. The molecule has 2 heterocycles. The summed E-state index contributed by atoms with van der Waals surface area (Å²) in [5, 5.41) is 2.88. The number of amides is 1. The number of ether oxygens (including phenoxy) is 2. The van der Waals surface area contributed by atoms with Crippen LogP contribution in [0.15, 0.2) is 42.6 Å². The van der Waals surface area contributed by atoms with Gasteiger partial charge in [-0.3, -0.25) is 4.79 Å². The van der Waals surface area contributed by atoms with Gasteiger partial charge < -0.3 is 14.8 Å². The molecule has 126 valence electrons. The van der Waals surface area contributed by atoms with E-state index in [9.17, 15) is 4.79 Å². The molecule has 24 heavy (non-hydrogen) atoms. The third kappa shape index (κ3) is 4.41. The van der Waals surface area contributed by atoms with Gasteiger partial charge in [-0.1, -0.05) is 12.1 Å². The number of aromatic nitrogens is 1. The smallest absolute Gasteiger partial charge is 0.253 e. The third-order valence-corrected chi connectivity index (χ3v) is 4.89. The maximum atomic E-state index is 12.2. The second kappa shape index (κ2) is 8.06. The van der Waals surface area contributed by atoms with Crippen molar-refractivity contribution in [2.24, 2.45) is 0 Å². The van der Waals surface area contributed by atoms with E-state index in [4.69, 9.17) is 9.47 Å². The summed E-state index contributed by atoms with van der Waals surface area (Å²) in [7, 11) is 1.62. The molecule has 1 amide bonds. The summed E-state index contributed by atoms with van der Waals surface area (Å²) >= 11 is 1.89. The molecule has 0 radical (unpaired) electrons. The predicted molar refractivity (Wildman–Crippen MR) is 94.8 cm³/mol. The lowest BCUT2D eigenvalue weighted by Gasteiger charge is -2.11. The SMILES string of the molecule is COc1cccc(CNC(=O)c2ccc(O[C@H]3CCSC3)nc2)c1. The standard InChI is InChI=1S/C18H20N2O3S/c1-22-15-4-2-3-13(9-15)10-20-18(21)14-5-6-17(19-11-14)23-16-7-8-24-12-16/h2-6,9,11,16H,7-8,10,12H2,1H3,(H,20,21)/t16-/m0/s1. The van der Waals surface area contributed by atoms with Crippen LogP contribution in [0.4, 0.5) is 0 Å². The van der Waals surface area contributed by atoms with Crippen molar-refractivity contribution in [1.29, 1.82) is 0 Å². The summed E-state index contributed by atoms with van der Waals surface area (Å²) in [6.45, 7) is 0.438. The molecular weight excluding hydrogens is 324 g/mol. The van der Waals surface area contributed by atoms with Gasteiger partial charge in [-0.05, 0) is 35.9 Å². The van der Waals surface area contributed by atoms with E-state index in [1.54, 1.807) is 25.4 Å². The highest BCUT2D eigenvalue weighted by molar-refractivity contribution is 7.99. The Morgan fingerprint density at radius 3 is 3.00 bits per heavy atom. The Bertz CT molecular complexity index is 685. The summed E-state index contributed by atoms with van der Waals surface area (Å²) in [6.07, 6.45) is 2.84. The quantitative estimate of drug-likeness (QED) is 0.873. The number of hydrogen-bond donors (Lipinski definition) is 1. The monoisotopic (exact) mass is 344 g/mol. The largest absolute Gasteiger partial charge is 0.497 e. The molecule has 3 rings (SSSR count). The molecule has 1 aromatic carbocycles. The molecule has 0 saturated carbocycles. The Balaban J connectivity index is 1.54. The number of carbonyl (C=O) groups excluding carboxylic acids is 1. The van der Waals surface area contributed by atoms with Crippen LogP contribution in [0.3, 0.4) is 0 Å². The maximum absolute atomic E-state index is 12.2. The predicted octanol–water partition coefficient (Wildman–Crippen LogP) is 2.90. The number of benzene rings is 1. The maximum Gasteiger partial charge on any atom is 0.253 e. The van der Waals surface area contributed by atoms with E-state index in [1.165, 1.54) is 0 Å². The summed E-state index contributed by atoms with van der Waals surface area (Å²) in [5.74, 6) is 3.33. The fourth-order valence-electron chi connectivity index (χ4n) is 2.43. The van der Waals surface area contributed by atoms with Crippen molar-refractivity contribution in [2.75, 3.05) is 18.6 Å². The number of hydrogen-bond acceptors (Lipinski definition) is 5. The minimum Gasteiger partial charge on any atom is -0.497 e. The van der Waals surface area contributed by atoms with E-state index < -0.39 is 0 Å². The number of methoxy groups -OCH3 is 1.